The van der Waals surface area contributed by atoms with E-state index < -0.39 is 0 Å². The van der Waals surface area contributed by atoms with Gasteiger partial charge in [0, 0.05) is 25.6 Å². The molecule has 1 N–H and O–H groups in total. The quantitative estimate of drug-likeness (QED) is 0.839. The van der Waals surface area contributed by atoms with Crippen molar-refractivity contribution >= 4 is 0 Å². The van der Waals surface area contributed by atoms with Gasteiger partial charge in [0.1, 0.15) is 5.75 Å². The minimum Gasteiger partial charge on any atom is -0.493 e. The van der Waals surface area contributed by atoms with Crippen molar-refractivity contribution in [3.63, 3.8) is 0 Å². The molecule has 3 heteroatoms. The molecule has 0 fully saturated rings. The summed E-state index contributed by atoms with van der Waals surface area (Å²) in [5, 5.41) is 8.93. The Morgan fingerprint density at radius 3 is 3.00 bits per heavy atom. The normalized spacial score (nSPS) is 18.5. The van der Waals surface area contributed by atoms with Gasteiger partial charge in [0.05, 0.1) is 6.61 Å². The molecule has 100 valence electrons. The van der Waals surface area contributed by atoms with Crippen molar-refractivity contribution in [3.05, 3.63) is 29.8 Å². The van der Waals surface area contributed by atoms with Crippen molar-refractivity contribution in [1.29, 1.82) is 0 Å². The summed E-state index contributed by atoms with van der Waals surface area (Å²) in [4.78, 5) is 2.42. The van der Waals surface area contributed by atoms with Crippen molar-refractivity contribution in [2.45, 2.75) is 25.7 Å². The van der Waals surface area contributed by atoms with Crippen LogP contribution in [0.25, 0.3) is 0 Å². The molecule has 0 radical (unpaired) electrons. The lowest BCUT2D eigenvalue weighted by Gasteiger charge is -2.30. The molecule has 1 heterocycles. The molecule has 1 aliphatic heterocycles. The number of fused-ring (bicyclic) bond motifs is 1. The van der Waals surface area contributed by atoms with E-state index in [0.717, 1.165) is 44.8 Å². The fourth-order valence-electron chi connectivity index (χ4n) is 2.59. The molecule has 2 rings (SSSR count). The summed E-state index contributed by atoms with van der Waals surface area (Å²) in [5.74, 6) is 1.61. The monoisotopic (exact) mass is 249 g/mol. The van der Waals surface area contributed by atoms with Crippen LogP contribution in [0.15, 0.2) is 24.3 Å². The van der Waals surface area contributed by atoms with Crippen LogP contribution < -0.4 is 4.74 Å². The van der Waals surface area contributed by atoms with Gasteiger partial charge in [0.25, 0.3) is 0 Å². The van der Waals surface area contributed by atoms with Crippen molar-refractivity contribution < 1.29 is 9.84 Å². The first kappa shape index (κ1) is 13.4. The van der Waals surface area contributed by atoms with Crippen LogP contribution >= 0.6 is 0 Å². The topological polar surface area (TPSA) is 32.7 Å². The Morgan fingerprint density at radius 2 is 2.22 bits per heavy atom. The zero-order valence-corrected chi connectivity index (χ0v) is 11.1. The van der Waals surface area contributed by atoms with E-state index in [1.165, 1.54) is 5.56 Å². The molecular formula is C15H23NO2. The number of aliphatic hydroxyl groups excluding tert-OH is 1. The van der Waals surface area contributed by atoms with Gasteiger partial charge >= 0.3 is 0 Å². The van der Waals surface area contributed by atoms with Crippen molar-refractivity contribution in [2.75, 3.05) is 32.8 Å². The molecule has 0 aromatic heterocycles. The molecule has 1 aromatic rings. The summed E-state index contributed by atoms with van der Waals surface area (Å²) in [6.45, 7) is 6.37. The highest BCUT2D eigenvalue weighted by Crippen LogP contribution is 2.33. The molecule has 1 aromatic carbocycles. The van der Waals surface area contributed by atoms with E-state index in [1.807, 2.05) is 6.07 Å². The highest BCUT2D eigenvalue weighted by atomic mass is 16.5. The fraction of sp³-hybridized carbons (Fsp3) is 0.600. The van der Waals surface area contributed by atoms with E-state index in [0.29, 0.717) is 5.92 Å². The summed E-state index contributed by atoms with van der Waals surface area (Å²) in [5.41, 5.74) is 1.34. The van der Waals surface area contributed by atoms with Crippen molar-refractivity contribution in [3.8, 4) is 5.75 Å². The van der Waals surface area contributed by atoms with Gasteiger partial charge in [-0.3, -0.25) is 0 Å². The third-order valence-corrected chi connectivity index (χ3v) is 3.64. The molecule has 0 bridgehead atoms. The Hall–Kier alpha value is -1.06. The molecule has 1 unspecified atom stereocenters. The van der Waals surface area contributed by atoms with Crippen molar-refractivity contribution in [2.24, 2.45) is 0 Å². The van der Waals surface area contributed by atoms with Crippen LogP contribution in [0.4, 0.5) is 0 Å². The summed E-state index contributed by atoms with van der Waals surface area (Å²) in [7, 11) is 0. The molecule has 18 heavy (non-hydrogen) atoms. The maximum absolute atomic E-state index is 8.93. The van der Waals surface area contributed by atoms with Gasteiger partial charge in [-0.2, -0.15) is 0 Å². The van der Waals surface area contributed by atoms with E-state index in [9.17, 15) is 0 Å². The molecule has 0 aliphatic carbocycles. The van der Waals surface area contributed by atoms with Gasteiger partial charge in [-0.05, 0) is 31.0 Å². The minimum atomic E-state index is 0.279. The number of rotatable bonds is 6. The number of hydrogen-bond acceptors (Lipinski definition) is 3. The summed E-state index contributed by atoms with van der Waals surface area (Å²) in [6.07, 6.45) is 1.95. The number of hydrogen-bond donors (Lipinski definition) is 1. The Labute approximate surface area is 109 Å². The van der Waals surface area contributed by atoms with Crippen LogP contribution in [0.3, 0.4) is 0 Å². The molecule has 0 spiro atoms. The van der Waals surface area contributed by atoms with Gasteiger partial charge < -0.3 is 14.7 Å². The summed E-state index contributed by atoms with van der Waals surface area (Å²) >= 11 is 0. The third-order valence-electron chi connectivity index (χ3n) is 3.64. The molecule has 0 saturated carbocycles. The second kappa shape index (κ2) is 6.76. The lowest BCUT2D eigenvalue weighted by molar-refractivity contribution is 0.198. The minimum absolute atomic E-state index is 0.279. The number of ether oxygens (including phenoxy) is 1. The molecular weight excluding hydrogens is 226 g/mol. The van der Waals surface area contributed by atoms with Gasteiger partial charge in [0.15, 0.2) is 0 Å². The van der Waals surface area contributed by atoms with Crippen LogP contribution in [0.2, 0.25) is 0 Å². The Morgan fingerprint density at radius 1 is 1.39 bits per heavy atom. The molecule has 1 atom stereocenters. The van der Waals surface area contributed by atoms with Crippen LogP contribution in [0.5, 0.6) is 5.75 Å². The highest BCUT2D eigenvalue weighted by molar-refractivity contribution is 5.37. The van der Waals surface area contributed by atoms with E-state index in [-0.39, 0.29) is 6.61 Å². The maximum atomic E-state index is 8.93. The lowest BCUT2D eigenvalue weighted by Crippen LogP contribution is -2.32. The van der Waals surface area contributed by atoms with Crippen LogP contribution in [-0.2, 0) is 0 Å². The van der Waals surface area contributed by atoms with Gasteiger partial charge in [-0.25, -0.2) is 0 Å². The average Bonchev–Trinajstić information content (AvgIpc) is 2.43. The largest absolute Gasteiger partial charge is 0.493 e. The molecule has 0 saturated heterocycles. The van der Waals surface area contributed by atoms with E-state index in [1.54, 1.807) is 0 Å². The standard InChI is InChI=1S/C15H23NO2/c1-2-16(9-5-10-17)12-13-8-11-18-15-7-4-3-6-14(13)15/h3-4,6-7,13,17H,2,5,8-12H2,1H3. The molecule has 1 aliphatic rings. The first-order valence-corrected chi connectivity index (χ1v) is 6.90. The lowest BCUT2D eigenvalue weighted by atomic mass is 9.92. The van der Waals surface area contributed by atoms with Crippen LogP contribution in [-0.4, -0.2) is 42.9 Å². The zero-order valence-electron chi connectivity index (χ0n) is 11.1. The zero-order chi connectivity index (χ0) is 12.8. The van der Waals surface area contributed by atoms with Gasteiger partial charge in [-0.15, -0.1) is 0 Å². The van der Waals surface area contributed by atoms with Crippen LogP contribution in [0, 0.1) is 0 Å². The Bertz CT molecular complexity index is 367. The van der Waals surface area contributed by atoms with E-state index >= 15 is 0 Å². The molecule has 0 amide bonds. The van der Waals surface area contributed by atoms with Crippen LogP contribution in [0.1, 0.15) is 31.2 Å². The summed E-state index contributed by atoms with van der Waals surface area (Å²) in [6, 6.07) is 8.36. The number of benzene rings is 1. The second-order valence-corrected chi connectivity index (χ2v) is 4.84. The fourth-order valence-corrected chi connectivity index (χ4v) is 2.59. The van der Waals surface area contributed by atoms with Gasteiger partial charge in [-0.1, -0.05) is 25.1 Å². The number of para-hydroxylation sites is 1. The first-order valence-electron chi connectivity index (χ1n) is 6.90. The third kappa shape index (κ3) is 3.24. The smallest absolute Gasteiger partial charge is 0.122 e. The number of aliphatic hydroxyl groups is 1. The van der Waals surface area contributed by atoms with E-state index in [4.69, 9.17) is 9.84 Å². The van der Waals surface area contributed by atoms with Gasteiger partial charge in [0.2, 0.25) is 0 Å². The SMILES string of the molecule is CCN(CCCO)CC1CCOc2ccccc21. The first-order chi connectivity index (χ1) is 8.85. The van der Waals surface area contributed by atoms with E-state index in [2.05, 4.69) is 30.0 Å². The Balaban J connectivity index is 2.01. The number of likely N-dealkylation sites (N-methyl/N-ethyl adjacent to an activating group) is 1. The average molecular weight is 249 g/mol. The predicted molar refractivity (Wildman–Crippen MR) is 73.1 cm³/mol. The molecule has 3 nitrogen and oxygen atoms in total. The summed E-state index contributed by atoms with van der Waals surface area (Å²) < 4.78 is 5.69. The maximum Gasteiger partial charge on any atom is 0.122 e. The number of nitrogens with zero attached hydrogens (tertiary/aromatic N) is 1. The second-order valence-electron chi connectivity index (χ2n) is 4.84. The van der Waals surface area contributed by atoms with Crippen molar-refractivity contribution in [1.82, 2.24) is 4.90 Å². The predicted octanol–water partition coefficient (Wildman–Crippen LogP) is 2.26. The highest BCUT2D eigenvalue weighted by Gasteiger charge is 2.22. The Kier molecular flexibility index (Phi) is 5.02.